The van der Waals surface area contributed by atoms with Crippen LogP contribution in [0.1, 0.15) is 12.6 Å². The monoisotopic (exact) mass is 347 g/mol. The second-order valence-electron chi connectivity index (χ2n) is 4.76. The summed E-state index contributed by atoms with van der Waals surface area (Å²) in [6.07, 6.45) is 0. The zero-order valence-electron chi connectivity index (χ0n) is 11.6. The molecule has 21 heavy (non-hydrogen) atoms. The van der Waals surface area contributed by atoms with Crippen LogP contribution in [-0.4, -0.2) is 9.78 Å². The summed E-state index contributed by atoms with van der Waals surface area (Å²) in [7, 11) is 0. The Bertz CT molecular complexity index is 782. The largest absolute Gasteiger partial charge is 0.379 e. The first-order valence-electron chi connectivity index (χ1n) is 6.82. The van der Waals surface area contributed by atoms with Gasteiger partial charge in [0.25, 0.3) is 0 Å². The minimum atomic E-state index is -0.263. The molecule has 0 saturated carbocycles. The van der Waals surface area contributed by atoms with E-state index >= 15 is 0 Å². The van der Waals surface area contributed by atoms with E-state index in [2.05, 4.69) is 45.4 Å². The first-order chi connectivity index (χ1) is 10.2. The molecule has 1 aromatic heterocycles. The summed E-state index contributed by atoms with van der Waals surface area (Å²) in [4.78, 5) is 0. The highest BCUT2D eigenvalue weighted by Gasteiger charge is 2.09. The highest BCUT2D eigenvalue weighted by Crippen LogP contribution is 2.22. The number of nitrogens with one attached hydrogen (secondary N) is 1. The predicted octanol–water partition coefficient (Wildman–Crippen LogP) is 4.57. The maximum absolute atomic E-state index is 13.2. The molecule has 0 fully saturated rings. The van der Waals surface area contributed by atoms with E-state index < -0.39 is 0 Å². The summed E-state index contributed by atoms with van der Waals surface area (Å²) < 4.78 is 15.7. The minimum absolute atomic E-state index is 0.263. The van der Waals surface area contributed by atoms with Gasteiger partial charge in [-0.05, 0) is 47.1 Å². The molecule has 3 nitrogen and oxygen atoms in total. The molecular weight excluding hydrogens is 333 g/mol. The Morgan fingerprint density at radius 1 is 1.24 bits per heavy atom. The lowest BCUT2D eigenvalue weighted by Gasteiger charge is -2.05. The Morgan fingerprint density at radius 2 is 2.05 bits per heavy atom. The summed E-state index contributed by atoms with van der Waals surface area (Å²) in [6, 6.07) is 13.1. The Labute approximate surface area is 130 Å². The van der Waals surface area contributed by atoms with Crippen LogP contribution in [0.2, 0.25) is 0 Å². The molecule has 2 aromatic carbocycles. The molecule has 0 amide bonds. The van der Waals surface area contributed by atoms with Gasteiger partial charge in [0.2, 0.25) is 0 Å². The van der Waals surface area contributed by atoms with E-state index in [1.807, 2.05) is 16.8 Å². The van der Waals surface area contributed by atoms with Crippen molar-refractivity contribution in [3.63, 3.8) is 0 Å². The molecule has 0 radical (unpaired) electrons. The SMILES string of the molecule is CCn1nc(CNc2ccc(F)c(Br)c2)c2ccccc21. The molecule has 108 valence electrons. The van der Waals surface area contributed by atoms with Gasteiger partial charge in [0.05, 0.1) is 22.2 Å². The van der Waals surface area contributed by atoms with Crippen molar-refractivity contribution in [2.75, 3.05) is 5.32 Å². The average molecular weight is 348 g/mol. The smallest absolute Gasteiger partial charge is 0.137 e. The van der Waals surface area contributed by atoms with Crippen LogP contribution in [-0.2, 0) is 13.1 Å². The molecule has 3 rings (SSSR count). The molecule has 0 aliphatic carbocycles. The summed E-state index contributed by atoms with van der Waals surface area (Å²) >= 11 is 3.19. The van der Waals surface area contributed by atoms with Gasteiger partial charge in [-0.1, -0.05) is 18.2 Å². The highest BCUT2D eigenvalue weighted by atomic mass is 79.9. The van der Waals surface area contributed by atoms with Crippen molar-refractivity contribution in [2.45, 2.75) is 20.0 Å². The van der Waals surface area contributed by atoms with Crippen molar-refractivity contribution in [2.24, 2.45) is 0 Å². The number of halogens is 2. The normalized spacial score (nSPS) is 11.0. The van der Waals surface area contributed by atoms with Gasteiger partial charge in [-0.25, -0.2) is 4.39 Å². The fourth-order valence-electron chi connectivity index (χ4n) is 2.36. The first kappa shape index (κ1) is 14.1. The van der Waals surface area contributed by atoms with Gasteiger partial charge in [0.15, 0.2) is 0 Å². The van der Waals surface area contributed by atoms with Crippen LogP contribution in [0.5, 0.6) is 0 Å². The van der Waals surface area contributed by atoms with Crippen molar-refractivity contribution in [1.82, 2.24) is 9.78 Å². The summed E-state index contributed by atoms with van der Waals surface area (Å²) in [5.74, 6) is -0.263. The molecule has 1 N–H and O–H groups in total. The van der Waals surface area contributed by atoms with Gasteiger partial charge in [-0.15, -0.1) is 0 Å². The zero-order chi connectivity index (χ0) is 14.8. The molecule has 0 saturated heterocycles. The molecule has 1 heterocycles. The fraction of sp³-hybridized carbons (Fsp3) is 0.188. The number of hydrogen-bond donors (Lipinski definition) is 1. The maximum atomic E-state index is 13.2. The molecule has 0 spiro atoms. The number of aromatic nitrogens is 2. The summed E-state index contributed by atoms with van der Waals surface area (Å²) in [5, 5.41) is 9.06. The molecule has 0 aliphatic heterocycles. The Kier molecular flexibility index (Phi) is 3.92. The lowest BCUT2D eigenvalue weighted by Crippen LogP contribution is -2.02. The number of fused-ring (bicyclic) bond motifs is 1. The Balaban J connectivity index is 1.86. The quantitative estimate of drug-likeness (QED) is 0.749. The topological polar surface area (TPSA) is 29.9 Å². The maximum Gasteiger partial charge on any atom is 0.137 e. The van der Waals surface area contributed by atoms with Gasteiger partial charge in [-0.2, -0.15) is 5.10 Å². The van der Waals surface area contributed by atoms with Crippen LogP contribution in [0.15, 0.2) is 46.9 Å². The first-order valence-corrected chi connectivity index (χ1v) is 7.61. The highest BCUT2D eigenvalue weighted by molar-refractivity contribution is 9.10. The van der Waals surface area contributed by atoms with Gasteiger partial charge in [-0.3, -0.25) is 4.68 Å². The molecule has 0 atom stereocenters. The average Bonchev–Trinajstić information content (AvgIpc) is 2.87. The van der Waals surface area contributed by atoms with Crippen molar-refractivity contribution >= 4 is 32.5 Å². The van der Waals surface area contributed by atoms with E-state index in [0.717, 1.165) is 28.8 Å². The van der Waals surface area contributed by atoms with Crippen LogP contribution in [0.4, 0.5) is 10.1 Å². The molecule has 0 bridgehead atoms. The number of para-hydroxylation sites is 1. The second kappa shape index (κ2) is 5.85. The standard InChI is InChI=1S/C16H15BrFN3/c1-2-21-16-6-4-3-5-12(16)15(20-21)10-19-11-7-8-14(18)13(17)9-11/h3-9,19H,2,10H2,1H3. The van der Waals surface area contributed by atoms with Gasteiger partial charge < -0.3 is 5.32 Å². The molecule has 5 heteroatoms. The van der Waals surface area contributed by atoms with E-state index in [1.54, 1.807) is 12.1 Å². The zero-order valence-corrected chi connectivity index (χ0v) is 13.2. The lowest BCUT2D eigenvalue weighted by molar-refractivity contribution is 0.621. The van der Waals surface area contributed by atoms with Gasteiger partial charge >= 0.3 is 0 Å². The number of anilines is 1. The summed E-state index contributed by atoms with van der Waals surface area (Å²) in [5.41, 5.74) is 2.99. The third-order valence-corrected chi connectivity index (χ3v) is 4.02. The number of hydrogen-bond acceptors (Lipinski definition) is 2. The second-order valence-corrected chi connectivity index (χ2v) is 5.62. The number of nitrogens with zero attached hydrogens (tertiary/aromatic N) is 2. The predicted molar refractivity (Wildman–Crippen MR) is 86.8 cm³/mol. The van der Waals surface area contributed by atoms with E-state index in [0.29, 0.717) is 11.0 Å². The number of benzene rings is 2. The fourth-order valence-corrected chi connectivity index (χ4v) is 2.74. The van der Waals surface area contributed by atoms with Crippen molar-refractivity contribution in [3.8, 4) is 0 Å². The third-order valence-electron chi connectivity index (χ3n) is 3.41. The van der Waals surface area contributed by atoms with E-state index in [1.165, 1.54) is 6.07 Å². The lowest BCUT2D eigenvalue weighted by atomic mass is 10.2. The number of rotatable bonds is 4. The molecule has 0 unspecified atom stereocenters. The summed E-state index contributed by atoms with van der Waals surface area (Å²) in [6.45, 7) is 3.52. The van der Waals surface area contributed by atoms with E-state index in [4.69, 9.17) is 0 Å². The number of aryl methyl sites for hydroxylation is 1. The van der Waals surface area contributed by atoms with Crippen LogP contribution in [0.3, 0.4) is 0 Å². The Morgan fingerprint density at radius 3 is 2.81 bits per heavy atom. The van der Waals surface area contributed by atoms with E-state index in [-0.39, 0.29) is 5.82 Å². The van der Waals surface area contributed by atoms with Crippen LogP contribution in [0, 0.1) is 5.82 Å². The molecule has 3 aromatic rings. The minimum Gasteiger partial charge on any atom is -0.379 e. The van der Waals surface area contributed by atoms with Gasteiger partial charge in [0.1, 0.15) is 5.82 Å². The van der Waals surface area contributed by atoms with Crippen LogP contribution < -0.4 is 5.32 Å². The van der Waals surface area contributed by atoms with Crippen LogP contribution in [0.25, 0.3) is 10.9 Å². The third kappa shape index (κ3) is 2.78. The van der Waals surface area contributed by atoms with E-state index in [9.17, 15) is 4.39 Å². The van der Waals surface area contributed by atoms with Crippen molar-refractivity contribution in [3.05, 3.63) is 58.4 Å². The molecule has 0 aliphatic rings. The van der Waals surface area contributed by atoms with Crippen molar-refractivity contribution in [1.29, 1.82) is 0 Å². The molecular formula is C16H15BrFN3. The van der Waals surface area contributed by atoms with Crippen molar-refractivity contribution < 1.29 is 4.39 Å². The van der Waals surface area contributed by atoms with Gasteiger partial charge in [0, 0.05) is 17.6 Å². The Hall–Kier alpha value is -1.88. The van der Waals surface area contributed by atoms with Crippen LogP contribution >= 0.6 is 15.9 Å².